The monoisotopic (exact) mass is 324 g/mol. The molecule has 2 rings (SSSR count). The SMILES string of the molecule is CC1=NN(C(=O)[C@@H](C)n2cc(Cl)cn2)[C@](O)(C(F)(F)F)C1. The number of hydrogen-bond acceptors (Lipinski definition) is 4. The molecule has 1 N–H and O–H groups in total. The first-order valence-corrected chi connectivity index (χ1v) is 6.31. The predicted octanol–water partition coefficient (Wildman–Crippen LogP) is 1.96. The molecule has 116 valence electrons. The Labute approximate surface area is 122 Å². The van der Waals surface area contributed by atoms with Gasteiger partial charge in [0.1, 0.15) is 6.04 Å². The Morgan fingerprint density at radius 2 is 2.19 bits per heavy atom. The van der Waals surface area contributed by atoms with E-state index >= 15 is 0 Å². The molecule has 0 fully saturated rings. The van der Waals surface area contributed by atoms with E-state index in [9.17, 15) is 23.1 Å². The lowest BCUT2D eigenvalue weighted by Gasteiger charge is -2.33. The molecule has 1 aliphatic rings. The molecule has 6 nitrogen and oxygen atoms in total. The van der Waals surface area contributed by atoms with E-state index in [1.54, 1.807) is 0 Å². The largest absolute Gasteiger partial charge is 0.438 e. The van der Waals surface area contributed by atoms with Gasteiger partial charge in [-0.1, -0.05) is 11.6 Å². The van der Waals surface area contributed by atoms with Crippen LogP contribution in [0.2, 0.25) is 5.02 Å². The van der Waals surface area contributed by atoms with E-state index in [-0.39, 0.29) is 15.7 Å². The first-order valence-electron chi connectivity index (χ1n) is 5.93. The number of rotatable bonds is 2. The molecule has 0 saturated carbocycles. The summed E-state index contributed by atoms with van der Waals surface area (Å²) < 4.78 is 40.2. The summed E-state index contributed by atoms with van der Waals surface area (Å²) in [6.45, 7) is 2.64. The molecule has 1 amide bonds. The van der Waals surface area contributed by atoms with Crippen LogP contribution in [0, 0.1) is 0 Å². The number of halogens is 4. The van der Waals surface area contributed by atoms with Gasteiger partial charge in [-0.05, 0) is 13.8 Å². The number of nitrogens with zero attached hydrogens (tertiary/aromatic N) is 4. The van der Waals surface area contributed by atoms with Crippen LogP contribution in [0.4, 0.5) is 13.2 Å². The van der Waals surface area contributed by atoms with Crippen LogP contribution in [0.5, 0.6) is 0 Å². The van der Waals surface area contributed by atoms with E-state index in [2.05, 4.69) is 10.2 Å². The Morgan fingerprint density at radius 1 is 1.57 bits per heavy atom. The Kier molecular flexibility index (Phi) is 3.75. The predicted molar refractivity (Wildman–Crippen MR) is 67.5 cm³/mol. The van der Waals surface area contributed by atoms with Crippen molar-refractivity contribution in [3.63, 3.8) is 0 Å². The number of aromatic nitrogens is 2. The third-order valence-corrected chi connectivity index (χ3v) is 3.31. The Bertz CT molecular complexity index is 601. The maximum absolute atomic E-state index is 13.0. The van der Waals surface area contributed by atoms with Crippen LogP contribution in [0.1, 0.15) is 26.3 Å². The molecule has 0 bridgehead atoms. The second-order valence-electron chi connectivity index (χ2n) is 4.79. The van der Waals surface area contributed by atoms with E-state index in [0.717, 1.165) is 4.68 Å². The number of amides is 1. The zero-order chi connectivity index (χ0) is 16.0. The van der Waals surface area contributed by atoms with Crippen molar-refractivity contribution >= 4 is 23.2 Å². The van der Waals surface area contributed by atoms with Crippen LogP contribution < -0.4 is 0 Å². The highest BCUT2D eigenvalue weighted by atomic mass is 35.5. The smallest absolute Gasteiger partial charge is 0.362 e. The molecule has 1 aromatic heterocycles. The van der Waals surface area contributed by atoms with E-state index in [0.29, 0.717) is 0 Å². The molecule has 0 aromatic carbocycles. The van der Waals surface area contributed by atoms with Gasteiger partial charge in [-0.2, -0.15) is 28.4 Å². The van der Waals surface area contributed by atoms with Gasteiger partial charge in [-0.15, -0.1) is 0 Å². The van der Waals surface area contributed by atoms with Gasteiger partial charge in [0.15, 0.2) is 0 Å². The summed E-state index contributed by atoms with van der Waals surface area (Å²) >= 11 is 5.66. The summed E-state index contributed by atoms with van der Waals surface area (Å²) in [5.41, 5.74) is -3.33. The topological polar surface area (TPSA) is 70.7 Å². The van der Waals surface area contributed by atoms with E-state index in [1.807, 2.05) is 0 Å². The van der Waals surface area contributed by atoms with Crippen molar-refractivity contribution in [2.75, 3.05) is 0 Å². The van der Waals surface area contributed by atoms with Gasteiger partial charge in [0.05, 0.1) is 11.2 Å². The van der Waals surface area contributed by atoms with Crippen molar-refractivity contribution < 1.29 is 23.1 Å². The Hall–Kier alpha value is -1.61. The van der Waals surface area contributed by atoms with Crippen molar-refractivity contribution in [2.24, 2.45) is 5.10 Å². The average Bonchev–Trinajstić information content (AvgIpc) is 2.91. The summed E-state index contributed by atoms with van der Waals surface area (Å²) in [4.78, 5) is 12.2. The highest BCUT2D eigenvalue weighted by Crippen LogP contribution is 2.41. The molecule has 0 unspecified atom stereocenters. The summed E-state index contributed by atoms with van der Waals surface area (Å²) in [5, 5.41) is 17.4. The van der Waals surface area contributed by atoms with Gasteiger partial charge >= 0.3 is 6.18 Å². The number of hydrazone groups is 1. The number of alkyl halides is 3. The quantitative estimate of drug-likeness (QED) is 0.904. The Morgan fingerprint density at radius 3 is 2.67 bits per heavy atom. The highest BCUT2D eigenvalue weighted by Gasteiger charge is 2.63. The van der Waals surface area contributed by atoms with E-state index in [1.165, 1.54) is 26.2 Å². The lowest BCUT2D eigenvalue weighted by atomic mass is 10.1. The van der Waals surface area contributed by atoms with E-state index < -0.39 is 30.3 Å². The molecule has 0 saturated heterocycles. The maximum Gasteiger partial charge on any atom is 0.438 e. The fourth-order valence-electron chi connectivity index (χ4n) is 1.99. The molecule has 0 spiro atoms. The minimum Gasteiger partial charge on any atom is -0.362 e. The van der Waals surface area contributed by atoms with Gasteiger partial charge in [-0.25, -0.2) is 0 Å². The molecular weight excluding hydrogens is 313 g/mol. The van der Waals surface area contributed by atoms with Crippen molar-refractivity contribution in [2.45, 2.75) is 38.2 Å². The second-order valence-corrected chi connectivity index (χ2v) is 5.23. The van der Waals surface area contributed by atoms with Crippen LogP contribution in [0.3, 0.4) is 0 Å². The highest BCUT2D eigenvalue weighted by molar-refractivity contribution is 6.30. The molecule has 0 radical (unpaired) electrons. The fraction of sp³-hybridized carbons (Fsp3) is 0.545. The third-order valence-electron chi connectivity index (χ3n) is 3.11. The Balaban J connectivity index is 2.32. The number of carbonyl (C=O) groups is 1. The first kappa shape index (κ1) is 15.8. The zero-order valence-electron chi connectivity index (χ0n) is 11.1. The summed E-state index contributed by atoms with van der Waals surface area (Å²) in [7, 11) is 0. The van der Waals surface area contributed by atoms with Crippen LogP contribution >= 0.6 is 11.6 Å². The second kappa shape index (κ2) is 4.99. The summed E-state index contributed by atoms with van der Waals surface area (Å²) in [5.74, 6) is -1.04. The van der Waals surface area contributed by atoms with E-state index in [4.69, 9.17) is 11.6 Å². The van der Waals surface area contributed by atoms with Crippen LogP contribution in [-0.4, -0.2) is 43.4 Å². The lowest BCUT2D eigenvalue weighted by molar-refractivity contribution is -0.303. The van der Waals surface area contributed by atoms with Gasteiger partial charge in [0, 0.05) is 18.3 Å². The summed E-state index contributed by atoms with van der Waals surface area (Å²) in [6.07, 6.45) is -3.26. The molecule has 2 heterocycles. The standard InChI is InChI=1S/C11H12ClF3N4O2/c1-6-3-10(21,11(13,14)15)19(17-6)9(20)7(2)18-5-8(12)4-16-18/h4-5,7,21H,3H2,1-2H3/t7-,10-/m1/s1. The van der Waals surface area contributed by atoms with Gasteiger partial charge < -0.3 is 5.11 Å². The minimum atomic E-state index is -5.02. The molecule has 0 aliphatic carbocycles. The minimum absolute atomic E-state index is 0.00822. The van der Waals surface area contributed by atoms with Gasteiger partial charge in [0.2, 0.25) is 0 Å². The van der Waals surface area contributed by atoms with Crippen molar-refractivity contribution in [3.8, 4) is 0 Å². The van der Waals surface area contributed by atoms with Crippen molar-refractivity contribution in [1.29, 1.82) is 0 Å². The van der Waals surface area contributed by atoms with Crippen LogP contribution in [0.25, 0.3) is 0 Å². The molecule has 1 aliphatic heterocycles. The molecule has 1 aromatic rings. The summed E-state index contributed by atoms with van der Waals surface area (Å²) in [6, 6.07) is -1.10. The van der Waals surface area contributed by atoms with Crippen LogP contribution in [0.15, 0.2) is 17.5 Å². The van der Waals surface area contributed by atoms with Gasteiger partial charge in [0.25, 0.3) is 11.6 Å². The number of aliphatic hydroxyl groups is 1. The molecule has 2 atom stereocenters. The fourth-order valence-corrected chi connectivity index (χ4v) is 2.13. The molecule has 10 heteroatoms. The number of hydrogen-bond donors (Lipinski definition) is 1. The molecule has 21 heavy (non-hydrogen) atoms. The first-order chi connectivity index (χ1) is 9.56. The van der Waals surface area contributed by atoms with Crippen molar-refractivity contribution in [3.05, 3.63) is 17.4 Å². The van der Waals surface area contributed by atoms with Gasteiger partial charge in [-0.3, -0.25) is 9.48 Å². The third kappa shape index (κ3) is 2.62. The lowest BCUT2D eigenvalue weighted by Crippen LogP contribution is -2.57. The van der Waals surface area contributed by atoms with Crippen molar-refractivity contribution in [1.82, 2.24) is 14.8 Å². The zero-order valence-corrected chi connectivity index (χ0v) is 11.9. The average molecular weight is 325 g/mol. The maximum atomic E-state index is 13.0. The normalized spacial score (nSPS) is 24.1. The molecular formula is C11H12ClF3N4O2. The van der Waals surface area contributed by atoms with Crippen LogP contribution in [-0.2, 0) is 4.79 Å². The number of carbonyl (C=O) groups excluding carboxylic acids is 1.